The molecule has 0 aliphatic rings. The Kier molecular flexibility index (Phi) is 6.09. The SMILES string of the molecule is CCCCCC(CC)c1[nH]c(-c2ccccc2)nc1-c1cccc2ccccc12. The highest BCUT2D eigenvalue weighted by Gasteiger charge is 2.21. The molecule has 1 atom stereocenters. The molecule has 0 radical (unpaired) electrons. The van der Waals surface area contributed by atoms with Crippen LogP contribution in [0.1, 0.15) is 57.6 Å². The molecule has 29 heavy (non-hydrogen) atoms. The number of aromatic amines is 1. The van der Waals surface area contributed by atoms with Crippen LogP contribution in [0, 0.1) is 0 Å². The molecule has 0 amide bonds. The highest BCUT2D eigenvalue weighted by Crippen LogP contribution is 2.37. The number of hydrogen-bond donors (Lipinski definition) is 1. The molecule has 0 saturated heterocycles. The van der Waals surface area contributed by atoms with Gasteiger partial charge in [-0.2, -0.15) is 0 Å². The Balaban J connectivity index is 1.85. The molecule has 4 rings (SSSR count). The molecule has 2 nitrogen and oxygen atoms in total. The summed E-state index contributed by atoms with van der Waals surface area (Å²) in [5, 5.41) is 2.53. The number of fused-ring (bicyclic) bond motifs is 1. The Morgan fingerprint density at radius 3 is 2.38 bits per heavy atom. The van der Waals surface area contributed by atoms with E-state index in [0.29, 0.717) is 5.92 Å². The van der Waals surface area contributed by atoms with Gasteiger partial charge in [0.15, 0.2) is 0 Å². The van der Waals surface area contributed by atoms with Crippen LogP contribution in [0.4, 0.5) is 0 Å². The molecule has 0 bridgehead atoms. The second-order valence-electron chi connectivity index (χ2n) is 7.84. The lowest BCUT2D eigenvalue weighted by Gasteiger charge is -2.16. The summed E-state index contributed by atoms with van der Waals surface area (Å²) in [6.07, 6.45) is 6.14. The van der Waals surface area contributed by atoms with E-state index in [2.05, 4.69) is 91.6 Å². The molecule has 0 spiro atoms. The summed E-state index contributed by atoms with van der Waals surface area (Å²) in [6.45, 7) is 4.57. The lowest BCUT2D eigenvalue weighted by molar-refractivity contribution is 0.546. The molecule has 0 saturated carbocycles. The maximum atomic E-state index is 5.14. The minimum Gasteiger partial charge on any atom is -0.341 e. The van der Waals surface area contributed by atoms with E-state index in [-0.39, 0.29) is 0 Å². The monoisotopic (exact) mass is 382 g/mol. The van der Waals surface area contributed by atoms with Crippen molar-refractivity contribution in [2.24, 2.45) is 0 Å². The van der Waals surface area contributed by atoms with Gasteiger partial charge in [0.25, 0.3) is 0 Å². The summed E-state index contributed by atoms with van der Waals surface area (Å²) >= 11 is 0. The Bertz CT molecular complexity index is 1060. The predicted octanol–water partition coefficient (Wildman–Crippen LogP) is 7.97. The lowest BCUT2D eigenvalue weighted by Crippen LogP contribution is -2.01. The molecular formula is C27H30N2. The van der Waals surface area contributed by atoms with Crippen LogP contribution in [0.5, 0.6) is 0 Å². The van der Waals surface area contributed by atoms with Crippen LogP contribution in [0.3, 0.4) is 0 Å². The van der Waals surface area contributed by atoms with Crippen molar-refractivity contribution in [1.29, 1.82) is 0 Å². The fourth-order valence-corrected chi connectivity index (χ4v) is 4.25. The minimum atomic E-state index is 0.500. The van der Waals surface area contributed by atoms with Gasteiger partial charge in [-0.3, -0.25) is 0 Å². The van der Waals surface area contributed by atoms with Crippen molar-refractivity contribution in [2.75, 3.05) is 0 Å². The van der Waals surface area contributed by atoms with Crippen molar-refractivity contribution in [3.05, 3.63) is 78.5 Å². The summed E-state index contributed by atoms with van der Waals surface area (Å²) in [7, 11) is 0. The summed E-state index contributed by atoms with van der Waals surface area (Å²) in [5.74, 6) is 1.47. The van der Waals surface area contributed by atoms with Gasteiger partial charge in [-0.05, 0) is 23.6 Å². The largest absolute Gasteiger partial charge is 0.341 e. The minimum absolute atomic E-state index is 0.500. The summed E-state index contributed by atoms with van der Waals surface area (Å²) < 4.78 is 0. The van der Waals surface area contributed by atoms with Gasteiger partial charge >= 0.3 is 0 Å². The fraction of sp³-hybridized carbons (Fsp3) is 0.296. The van der Waals surface area contributed by atoms with Crippen LogP contribution >= 0.6 is 0 Å². The van der Waals surface area contributed by atoms with E-state index < -0.39 is 0 Å². The van der Waals surface area contributed by atoms with Crippen molar-refractivity contribution in [2.45, 2.75) is 51.9 Å². The number of benzene rings is 3. The summed E-state index contributed by atoms with van der Waals surface area (Å²) in [4.78, 5) is 8.87. The Morgan fingerprint density at radius 1 is 0.828 bits per heavy atom. The van der Waals surface area contributed by atoms with E-state index in [4.69, 9.17) is 4.98 Å². The van der Waals surface area contributed by atoms with Gasteiger partial charge in [0.1, 0.15) is 5.82 Å². The third kappa shape index (κ3) is 4.12. The highest BCUT2D eigenvalue weighted by molar-refractivity contribution is 5.96. The lowest BCUT2D eigenvalue weighted by atomic mass is 9.91. The number of nitrogens with zero attached hydrogens (tertiary/aromatic N) is 1. The number of unbranched alkanes of at least 4 members (excludes halogenated alkanes) is 2. The van der Waals surface area contributed by atoms with Crippen LogP contribution in [0.2, 0.25) is 0 Å². The average Bonchev–Trinajstić information content (AvgIpc) is 3.22. The highest BCUT2D eigenvalue weighted by atomic mass is 14.9. The molecule has 3 aromatic carbocycles. The van der Waals surface area contributed by atoms with Gasteiger partial charge < -0.3 is 4.98 Å². The van der Waals surface area contributed by atoms with Crippen molar-refractivity contribution in [1.82, 2.24) is 9.97 Å². The van der Waals surface area contributed by atoms with Gasteiger partial charge in [0.2, 0.25) is 0 Å². The van der Waals surface area contributed by atoms with Crippen LogP contribution < -0.4 is 0 Å². The Morgan fingerprint density at radius 2 is 1.59 bits per heavy atom. The molecule has 2 heteroatoms. The molecule has 1 N–H and O–H groups in total. The first-order chi connectivity index (χ1) is 14.3. The van der Waals surface area contributed by atoms with Gasteiger partial charge in [-0.1, -0.05) is 106 Å². The first-order valence-corrected chi connectivity index (χ1v) is 10.9. The zero-order valence-corrected chi connectivity index (χ0v) is 17.5. The molecular weight excluding hydrogens is 352 g/mol. The van der Waals surface area contributed by atoms with Gasteiger partial charge in [0, 0.05) is 22.7 Å². The second kappa shape index (κ2) is 9.09. The van der Waals surface area contributed by atoms with Gasteiger partial charge in [0.05, 0.1) is 5.69 Å². The zero-order chi connectivity index (χ0) is 20.1. The van der Waals surface area contributed by atoms with E-state index in [0.717, 1.165) is 23.5 Å². The number of hydrogen-bond acceptors (Lipinski definition) is 1. The first-order valence-electron chi connectivity index (χ1n) is 10.9. The molecule has 1 unspecified atom stereocenters. The number of aromatic nitrogens is 2. The molecule has 0 aliphatic heterocycles. The van der Waals surface area contributed by atoms with E-state index in [1.807, 2.05) is 0 Å². The molecule has 0 fully saturated rings. The van der Waals surface area contributed by atoms with Gasteiger partial charge in [-0.25, -0.2) is 4.98 Å². The number of imidazole rings is 1. The van der Waals surface area contributed by atoms with Crippen molar-refractivity contribution < 1.29 is 0 Å². The summed E-state index contributed by atoms with van der Waals surface area (Å²) in [6, 6.07) is 25.6. The third-order valence-corrected chi connectivity index (χ3v) is 5.88. The van der Waals surface area contributed by atoms with Crippen molar-refractivity contribution >= 4 is 10.8 Å². The maximum Gasteiger partial charge on any atom is 0.138 e. The second-order valence-corrected chi connectivity index (χ2v) is 7.84. The zero-order valence-electron chi connectivity index (χ0n) is 17.5. The fourth-order valence-electron chi connectivity index (χ4n) is 4.25. The van der Waals surface area contributed by atoms with E-state index >= 15 is 0 Å². The van der Waals surface area contributed by atoms with Crippen molar-refractivity contribution in [3.63, 3.8) is 0 Å². The van der Waals surface area contributed by atoms with Crippen molar-refractivity contribution in [3.8, 4) is 22.6 Å². The number of nitrogens with one attached hydrogen (secondary N) is 1. The number of rotatable bonds is 8. The maximum absolute atomic E-state index is 5.14. The molecule has 148 valence electrons. The predicted molar refractivity (Wildman–Crippen MR) is 124 cm³/mol. The number of H-pyrrole nitrogens is 1. The van der Waals surface area contributed by atoms with E-state index in [1.165, 1.54) is 47.7 Å². The summed E-state index contributed by atoms with van der Waals surface area (Å²) in [5.41, 5.74) is 4.77. The van der Waals surface area contributed by atoms with Crippen LogP contribution in [0.25, 0.3) is 33.4 Å². The van der Waals surface area contributed by atoms with Gasteiger partial charge in [-0.15, -0.1) is 0 Å². The smallest absolute Gasteiger partial charge is 0.138 e. The quantitative estimate of drug-likeness (QED) is 0.307. The Labute approximate surface area is 174 Å². The molecule has 0 aliphatic carbocycles. The topological polar surface area (TPSA) is 28.7 Å². The van der Waals surface area contributed by atoms with Crippen LogP contribution in [-0.2, 0) is 0 Å². The normalized spacial score (nSPS) is 12.3. The average molecular weight is 383 g/mol. The molecule has 1 aromatic heterocycles. The molecule has 4 aromatic rings. The van der Waals surface area contributed by atoms with Crippen LogP contribution in [0.15, 0.2) is 72.8 Å². The standard InChI is InChI=1S/C27H30N2/c1-3-5-7-13-20(4-2)25-26(29-27(28-25)22-15-8-6-9-16-22)24-19-12-17-21-14-10-11-18-23(21)24/h6,8-12,14-20H,3-5,7,13H2,1-2H3,(H,28,29). The van der Waals surface area contributed by atoms with E-state index in [9.17, 15) is 0 Å². The molecule has 1 heterocycles. The van der Waals surface area contributed by atoms with E-state index in [1.54, 1.807) is 0 Å². The first kappa shape index (κ1) is 19.4. The van der Waals surface area contributed by atoms with Crippen LogP contribution in [-0.4, -0.2) is 9.97 Å². The Hall–Kier alpha value is -2.87. The third-order valence-electron chi connectivity index (χ3n) is 5.88.